The monoisotopic (exact) mass is 608 g/mol. The van der Waals surface area contributed by atoms with E-state index in [4.69, 9.17) is 0 Å². The van der Waals surface area contributed by atoms with Crippen LogP contribution in [0.4, 0.5) is 0 Å². The highest BCUT2D eigenvalue weighted by Gasteiger charge is 2.28. The van der Waals surface area contributed by atoms with E-state index in [2.05, 4.69) is 120 Å². The Morgan fingerprint density at radius 1 is 0.523 bits per heavy atom. The summed E-state index contributed by atoms with van der Waals surface area (Å²) in [6.07, 6.45) is 11.9. The Morgan fingerprint density at radius 2 is 0.841 bits per heavy atom. The first-order chi connectivity index (χ1) is 20.2. The van der Waals surface area contributed by atoms with Crippen molar-refractivity contribution in [2.24, 2.45) is 0 Å². The Bertz CT molecular complexity index is 1030. The van der Waals surface area contributed by atoms with E-state index in [9.17, 15) is 10.2 Å². The zero-order chi connectivity index (χ0) is 33.5. The molecule has 0 unspecified atom stereocenters. The molecule has 0 saturated carbocycles. The molecule has 0 fully saturated rings. The second kappa shape index (κ2) is 15.5. The molecule has 0 radical (unpaired) electrons. The van der Waals surface area contributed by atoms with E-state index in [0.717, 1.165) is 54.5 Å². The van der Waals surface area contributed by atoms with E-state index in [1.54, 1.807) is 0 Å². The van der Waals surface area contributed by atoms with Crippen LogP contribution in [0.2, 0.25) is 0 Å². The lowest BCUT2D eigenvalue weighted by Crippen LogP contribution is -2.31. The number of benzene rings is 2. The van der Waals surface area contributed by atoms with Crippen LogP contribution in [0.1, 0.15) is 175 Å². The fourth-order valence-electron chi connectivity index (χ4n) is 6.21. The van der Waals surface area contributed by atoms with Gasteiger partial charge in [-0.2, -0.15) is 0 Å². The molecule has 2 aromatic rings. The van der Waals surface area contributed by atoms with E-state index in [-0.39, 0.29) is 21.7 Å². The van der Waals surface area contributed by atoms with E-state index in [1.165, 1.54) is 49.7 Å². The van der Waals surface area contributed by atoms with Gasteiger partial charge in [0.25, 0.3) is 0 Å². The van der Waals surface area contributed by atoms with Crippen LogP contribution in [0.3, 0.4) is 0 Å². The summed E-state index contributed by atoms with van der Waals surface area (Å²) in [7, 11) is 0. The Hall–Kier alpha value is -2.00. The van der Waals surface area contributed by atoms with E-state index in [1.807, 2.05) is 0 Å². The molecule has 0 amide bonds. The highest BCUT2D eigenvalue weighted by molar-refractivity contribution is 5.51. The zero-order valence-corrected chi connectivity index (χ0v) is 31.1. The molecule has 0 bridgehead atoms. The van der Waals surface area contributed by atoms with Gasteiger partial charge in [0.1, 0.15) is 11.5 Å². The number of hydrogen-bond donors (Lipinski definition) is 3. The van der Waals surface area contributed by atoms with E-state index < -0.39 is 0 Å². The molecular weight excluding hydrogens is 538 g/mol. The molecule has 3 heteroatoms. The second-order valence-corrected chi connectivity index (χ2v) is 17.6. The standard InChI is InChI=1S/C41H69NO2/c1-14-15-16-17-18-19-24-42-31(22-20-29-25-32(38(2,3)4)36(43)33(26-29)39(5,6)7)23-21-30-27-34(40(8,9)10)37(44)35(28-30)41(11,12)13/h25-28,31,42-44H,14-24H2,1-13H3. The average Bonchev–Trinajstić information content (AvgIpc) is 2.87. The van der Waals surface area contributed by atoms with Crippen LogP contribution in [-0.2, 0) is 34.5 Å². The van der Waals surface area contributed by atoms with Crippen molar-refractivity contribution < 1.29 is 10.2 Å². The van der Waals surface area contributed by atoms with Crippen molar-refractivity contribution in [1.29, 1.82) is 0 Å². The van der Waals surface area contributed by atoms with Crippen LogP contribution in [0.5, 0.6) is 11.5 Å². The SMILES string of the molecule is CCCCCCCCNC(CCc1cc(C(C)(C)C)c(O)c(C(C)(C)C)c1)CCc1cc(C(C)(C)C)c(O)c(C(C)(C)C)c1. The first-order valence-electron chi connectivity index (χ1n) is 17.6. The topological polar surface area (TPSA) is 52.5 Å². The summed E-state index contributed by atoms with van der Waals surface area (Å²) in [4.78, 5) is 0. The Kier molecular flexibility index (Phi) is 13.5. The third-order valence-electron chi connectivity index (χ3n) is 9.10. The number of phenolic OH excluding ortho intramolecular Hbond substituents is 2. The zero-order valence-electron chi connectivity index (χ0n) is 31.1. The van der Waals surface area contributed by atoms with Gasteiger partial charge in [-0.3, -0.25) is 0 Å². The summed E-state index contributed by atoms with van der Waals surface area (Å²) in [5, 5.41) is 26.4. The maximum atomic E-state index is 11.2. The Labute approximate surface area is 272 Å². The third-order valence-corrected chi connectivity index (χ3v) is 9.10. The second-order valence-electron chi connectivity index (χ2n) is 17.6. The normalized spacial score (nSPS) is 13.2. The van der Waals surface area contributed by atoms with Gasteiger partial charge < -0.3 is 15.5 Å². The summed E-state index contributed by atoms with van der Waals surface area (Å²) < 4.78 is 0. The summed E-state index contributed by atoms with van der Waals surface area (Å²) in [5.74, 6) is 0.922. The predicted octanol–water partition coefficient (Wildman–Crippen LogP) is 11.2. The van der Waals surface area contributed by atoms with Gasteiger partial charge >= 0.3 is 0 Å². The van der Waals surface area contributed by atoms with Crippen LogP contribution < -0.4 is 5.32 Å². The molecule has 3 N–H and O–H groups in total. The van der Waals surface area contributed by atoms with Gasteiger partial charge in [0.05, 0.1) is 0 Å². The van der Waals surface area contributed by atoms with Gasteiger partial charge in [-0.1, -0.05) is 146 Å². The number of rotatable bonds is 14. The Morgan fingerprint density at radius 3 is 1.16 bits per heavy atom. The highest BCUT2D eigenvalue weighted by atomic mass is 16.3. The van der Waals surface area contributed by atoms with Gasteiger partial charge in [0.2, 0.25) is 0 Å². The van der Waals surface area contributed by atoms with Gasteiger partial charge in [0.15, 0.2) is 0 Å². The summed E-state index contributed by atoms with van der Waals surface area (Å²) >= 11 is 0. The van der Waals surface area contributed by atoms with E-state index >= 15 is 0 Å². The minimum absolute atomic E-state index is 0.121. The van der Waals surface area contributed by atoms with Crippen molar-refractivity contribution >= 4 is 0 Å². The fourth-order valence-corrected chi connectivity index (χ4v) is 6.21. The number of unbranched alkanes of at least 4 members (excludes halogenated alkanes) is 5. The molecule has 0 saturated heterocycles. The van der Waals surface area contributed by atoms with Crippen molar-refractivity contribution in [3.8, 4) is 11.5 Å². The number of nitrogens with one attached hydrogen (secondary N) is 1. The van der Waals surface area contributed by atoms with Crippen molar-refractivity contribution in [3.05, 3.63) is 57.6 Å². The molecule has 0 aliphatic rings. The van der Waals surface area contributed by atoms with Crippen molar-refractivity contribution in [3.63, 3.8) is 0 Å². The molecule has 0 aliphatic carbocycles. The van der Waals surface area contributed by atoms with Crippen molar-refractivity contribution in [2.45, 2.75) is 182 Å². The maximum absolute atomic E-state index is 11.2. The molecular formula is C41H69NO2. The van der Waals surface area contributed by atoms with Gasteiger partial charge in [0, 0.05) is 6.04 Å². The fraction of sp³-hybridized carbons (Fsp3) is 0.707. The smallest absolute Gasteiger partial charge is 0.123 e. The van der Waals surface area contributed by atoms with Crippen LogP contribution in [0.25, 0.3) is 0 Å². The summed E-state index contributed by atoms with van der Waals surface area (Å²) in [6.45, 7) is 29.6. The van der Waals surface area contributed by atoms with Crippen LogP contribution in [0.15, 0.2) is 24.3 Å². The van der Waals surface area contributed by atoms with Crippen molar-refractivity contribution in [2.75, 3.05) is 6.54 Å². The number of aryl methyl sites for hydroxylation is 2. The van der Waals surface area contributed by atoms with Crippen molar-refractivity contribution in [1.82, 2.24) is 5.32 Å². The lowest BCUT2D eigenvalue weighted by atomic mass is 9.77. The quantitative estimate of drug-likeness (QED) is 0.187. The largest absolute Gasteiger partial charge is 0.507 e. The Balaban J connectivity index is 2.33. The lowest BCUT2D eigenvalue weighted by Gasteiger charge is -2.29. The summed E-state index contributed by atoms with van der Waals surface area (Å²) in [6, 6.07) is 9.41. The molecule has 0 spiro atoms. The predicted molar refractivity (Wildman–Crippen MR) is 193 cm³/mol. The molecule has 44 heavy (non-hydrogen) atoms. The van der Waals surface area contributed by atoms with E-state index in [0.29, 0.717) is 17.5 Å². The summed E-state index contributed by atoms with van der Waals surface area (Å²) in [5.41, 5.74) is 6.34. The number of phenols is 2. The molecule has 2 aromatic carbocycles. The lowest BCUT2D eigenvalue weighted by molar-refractivity contribution is 0.420. The molecule has 0 aromatic heterocycles. The molecule has 0 atom stereocenters. The molecule has 0 heterocycles. The molecule has 0 aliphatic heterocycles. The first-order valence-corrected chi connectivity index (χ1v) is 17.6. The average molecular weight is 608 g/mol. The molecule has 250 valence electrons. The van der Waals surface area contributed by atoms with Crippen LogP contribution in [0, 0.1) is 0 Å². The minimum Gasteiger partial charge on any atom is -0.507 e. The van der Waals surface area contributed by atoms with Crippen LogP contribution in [-0.4, -0.2) is 22.8 Å². The number of hydrogen-bond acceptors (Lipinski definition) is 3. The molecule has 3 nitrogen and oxygen atoms in total. The van der Waals surface area contributed by atoms with Gasteiger partial charge in [-0.25, -0.2) is 0 Å². The first kappa shape index (κ1) is 38.2. The molecule has 2 rings (SSSR count). The number of aromatic hydroxyl groups is 2. The highest BCUT2D eigenvalue weighted by Crippen LogP contribution is 2.41. The third kappa shape index (κ3) is 11.4. The maximum Gasteiger partial charge on any atom is 0.123 e. The van der Waals surface area contributed by atoms with Gasteiger partial charge in [-0.15, -0.1) is 0 Å². The van der Waals surface area contributed by atoms with Crippen LogP contribution >= 0.6 is 0 Å². The minimum atomic E-state index is -0.121. The van der Waals surface area contributed by atoms with Gasteiger partial charge in [-0.05, 0) is 93.7 Å².